The highest BCUT2D eigenvalue weighted by Gasteiger charge is 2.21. The van der Waals surface area contributed by atoms with Crippen molar-refractivity contribution in [2.75, 3.05) is 20.2 Å². The number of halogens is 1. The van der Waals surface area contributed by atoms with Gasteiger partial charge in [-0.15, -0.1) is 0 Å². The fourth-order valence-corrected chi connectivity index (χ4v) is 1.88. The molecule has 0 bridgehead atoms. The number of hydrogen-bond donors (Lipinski definition) is 2. The standard InChI is InChI=1S/C15H21FN2O2/c1-10(17-2)13-6-5-12(7-14(13)16)20-9-15(19)18-8-11-3-4-11/h5-7,10-11,17H,3-4,8-9H2,1-2H3,(H,18,19). The third-order valence-corrected chi connectivity index (χ3v) is 3.53. The summed E-state index contributed by atoms with van der Waals surface area (Å²) >= 11 is 0. The summed E-state index contributed by atoms with van der Waals surface area (Å²) in [5.74, 6) is 0.516. The highest BCUT2D eigenvalue weighted by molar-refractivity contribution is 5.77. The molecule has 1 aromatic carbocycles. The zero-order valence-corrected chi connectivity index (χ0v) is 11.9. The zero-order valence-electron chi connectivity index (χ0n) is 11.9. The Labute approximate surface area is 118 Å². The summed E-state index contributed by atoms with van der Waals surface area (Å²) in [6.07, 6.45) is 2.38. The van der Waals surface area contributed by atoms with Crippen molar-refractivity contribution in [1.82, 2.24) is 10.6 Å². The molecule has 1 aliphatic rings. The zero-order chi connectivity index (χ0) is 14.5. The van der Waals surface area contributed by atoms with Gasteiger partial charge in [0.05, 0.1) is 0 Å². The third-order valence-electron chi connectivity index (χ3n) is 3.53. The Morgan fingerprint density at radius 3 is 2.85 bits per heavy atom. The number of carbonyl (C=O) groups excluding carboxylic acids is 1. The first-order valence-corrected chi connectivity index (χ1v) is 6.96. The van der Waals surface area contributed by atoms with Crippen LogP contribution in [0.15, 0.2) is 18.2 Å². The van der Waals surface area contributed by atoms with Gasteiger partial charge in [0.2, 0.25) is 0 Å². The number of rotatable bonds is 7. The minimum absolute atomic E-state index is 0.0640. The van der Waals surface area contributed by atoms with Gasteiger partial charge in [-0.25, -0.2) is 4.39 Å². The maximum Gasteiger partial charge on any atom is 0.257 e. The molecule has 2 N–H and O–H groups in total. The molecule has 0 spiro atoms. The predicted octanol–water partition coefficient (Wildman–Crippen LogP) is 2.01. The van der Waals surface area contributed by atoms with E-state index < -0.39 is 0 Å². The second-order valence-corrected chi connectivity index (χ2v) is 5.23. The molecule has 0 radical (unpaired) electrons. The topological polar surface area (TPSA) is 50.4 Å². The number of benzene rings is 1. The van der Waals surface area contributed by atoms with E-state index in [2.05, 4.69) is 10.6 Å². The fraction of sp³-hybridized carbons (Fsp3) is 0.533. The molecule has 0 aliphatic heterocycles. The fourth-order valence-electron chi connectivity index (χ4n) is 1.88. The maximum absolute atomic E-state index is 13.9. The van der Waals surface area contributed by atoms with Gasteiger partial charge in [0.15, 0.2) is 6.61 Å². The highest BCUT2D eigenvalue weighted by atomic mass is 19.1. The van der Waals surface area contributed by atoms with Crippen molar-refractivity contribution in [3.8, 4) is 5.75 Å². The first-order valence-electron chi connectivity index (χ1n) is 6.96. The van der Waals surface area contributed by atoms with Crippen LogP contribution in [0.4, 0.5) is 4.39 Å². The maximum atomic E-state index is 13.9. The quantitative estimate of drug-likeness (QED) is 0.803. The molecule has 0 aromatic heterocycles. The highest BCUT2D eigenvalue weighted by Crippen LogP contribution is 2.27. The van der Waals surface area contributed by atoms with Gasteiger partial charge in [0.1, 0.15) is 11.6 Å². The van der Waals surface area contributed by atoms with Crippen LogP contribution in [0.5, 0.6) is 5.75 Å². The van der Waals surface area contributed by atoms with Crippen LogP contribution < -0.4 is 15.4 Å². The van der Waals surface area contributed by atoms with Crippen LogP contribution in [0.2, 0.25) is 0 Å². The molecular weight excluding hydrogens is 259 g/mol. The van der Waals surface area contributed by atoms with E-state index in [0.717, 1.165) is 6.54 Å². The molecule has 110 valence electrons. The number of hydrogen-bond acceptors (Lipinski definition) is 3. The molecule has 0 heterocycles. The molecule has 4 nitrogen and oxygen atoms in total. The van der Waals surface area contributed by atoms with Crippen molar-refractivity contribution in [3.05, 3.63) is 29.6 Å². The van der Waals surface area contributed by atoms with E-state index in [-0.39, 0.29) is 24.4 Å². The van der Waals surface area contributed by atoms with Crippen LogP contribution in [0.1, 0.15) is 31.4 Å². The minimum atomic E-state index is -0.331. The Kier molecular flexibility index (Phi) is 4.95. The molecule has 1 aromatic rings. The lowest BCUT2D eigenvalue weighted by molar-refractivity contribution is -0.123. The summed E-state index contributed by atoms with van der Waals surface area (Å²) in [5.41, 5.74) is 0.582. The van der Waals surface area contributed by atoms with Gasteiger partial charge in [-0.1, -0.05) is 6.07 Å². The smallest absolute Gasteiger partial charge is 0.257 e. The molecule has 1 saturated carbocycles. The number of amides is 1. The molecule has 1 atom stereocenters. The van der Waals surface area contributed by atoms with E-state index in [4.69, 9.17) is 4.74 Å². The monoisotopic (exact) mass is 280 g/mol. The van der Waals surface area contributed by atoms with Crippen LogP contribution in [0.3, 0.4) is 0 Å². The third kappa shape index (κ3) is 4.20. The molecule has 0 saturated heterocycles. The summed E-state index contributed by atoms with van der Waals surface area (Å²) in [6.45, 7) is 2.52. The average molecular weight is 280 g/mol. The lowest BCUT2D eigenvalue weighted by atomic mass is 10.1. The van der Waals surface area contributed by atoms with Crippen molar-refractivity contribution in [1.29, 1.82) is 0 Å². The molecule has 1 amide bonds. The number of ether oxygens (including phenoxy) is 1. The summed E-state index contributed by atoms with van der Waals surface area (Å²) in [5, 5.41) is 5.78. The Hall–Kier alpha value is -1.62. The number of carbonyl (C=O) groups is 1. The average Bonchev–Trinajstić information content (AvgIpc) is 3.26. The molecule has 1 aliphatic carbocycles. The van der Waals surface area contributed by atoms with E-state index in [1.165, 1.54) is 18.9 Å². The van der Waals surface area contributed by atoms with Crippen molar-refractivity contribution < 1.29 is 13.9 Å². The van der Waals surface area contributed by atoms with Crippen LogP contribution in [-0.2, 0) is 4.79 Å². The Morgan fingerprint density at radius 2 is 2.25 bits per heavy atom. The summed E-state index contributed by atoms with van der Waals surface area (Å²) in [6, 6.07) is 4.61. The number of nitrogens with one attached hydrogen (secondary N) is 2. The van der Waals surface area contributed by atoms with Gasteiger partial charge in [0, 0.05) is 24.2 Å². The lowest BCUT2D eigenvalue weighted by Gasteiger charge is -2.13. The van der Waals surface area contributed by atoms with Crippen molar-refractivity contribution in [2.24, 2.45) is 5.92 Å². The minimum Gasteiger partial charge on any atom is -0.484 e. The molecular formula is C15H21FN2O2. The summed E-state index contributed by atoms with van der Waals surface area (Å²) < 4.78 is 19.2. The van der Waals surface area contributed by atoms with Crippen LogP contribution in [-0.4, -0.2) is 26.1 Å². The Morgan fingerprint density at radius 1 is 1.50 bits per heavy atom. The van der Waals surface area contributed by atoms with Crippen LogP contribution >= 0.6 is 0 Å². The summed E-state index contributed by atoms with van der Waals surface area (Å²) in [4.78, 5) is 11.5. The van der Waals surface area contributed by atoms with Crippen molar-refractivity contribution in [2.45, 2.75) is 25.8 Å². The van der Waals surface area contributed by atoms with Crippen LogP contribution in [0, 0.1) is 11.7 Å². The van der Waals surface area contributed by atoms with Gasteiger partial charge in [-0.3, -0.25) is 4.79 Å². The predicted molar refractivity (Wildman–Crippen MR) is 75.1 cm³/mol. The van der Waals surface area contributed by atoms with Gasteiger partial charge in [-0.2, -0.15) is 0 Å². The molecule has 20 heavy (non-hydrogen) atoms. The van der Waals surface area contributed by atoms with Crippen molar-refractivity contribution in [3.63, 3.8) is 0 Å². The lowest BCUT2D eigenvalue weighted by Crippen LogP contribution is -2.30. The van der Waals surface area contributed by atoms with E-state index >= 15 is 0 Å². The normalized spacial score (nSPS) is 15.8. The van der Waals surface area contributed by atoms with Crippen LogP contribution in [0.25, 0.3) is 0 Å². The summed E-state index contributed by atoms with van der Waals surface area (Å²) in [7, 11) is 1.78. The molecule has 5 heteroatoms. The van der Waals surface area contributed by atoms with E-state index in [0.29, 0.717) is 17.2 Å². The molecule has 2 rings (SSSR count). The SMILES string of the molecule is CNC(C)c1ccc(OCC(=O)NCC2CC2)cc1F. The second kappa shape index (κ2) is 6.70. The van der Waals surface area contributed by atoms with E-state index in [1.54, 1.807) is 19.2 Å². The van der Waals surface area contributed by atoms with Gasteiger partial charge < -0.3 is 15.4 Å². The second-order valence-electron chi connectivity index (χ2n) is 5.23. The van der Waals surface area contributed by atoms with Crippen molar-refractivity contribution >= 4 is 5.91 Å². The first kappa shape index (κ1) is 14.8. The Bertz CT molecular complexity index is 475. The largest absolute Gasteiger partial charge is 0.484 e. The van der Waals surface area contributed by atoms with Gasteiger partial charge in [0.25, 0.3) is 5.91 Å². The Balaban J connectivity index is 1.83. The van der Waals surface area contributed by atoms with Gasteiger partial charge >= 0.3 is 0 Å². The molecule has 1 fully saturated rings. The molecule has 1 unspecified atom stereocenters. The van der Waals surface area contributed by atoms with Gasteiger partial charge in [-0.05, 0) is 38.8 Å². The first-order chi connectivity index (χ1) is 9.60. The van der Waals surface area contributed by atoms with E-state index in [1.807, 2.05) is 6.92 Å². The van der Waals surface area contributed by atoms with E-state index in [9.17, 15) is 9.18 Å².